The van der Waals surface area contributed by atoms with Gasteiger partial charge in [0, 0.05) is 32.4 Å². The summed E-state index contributed by atoms with van der Waals surface area (Å²) in [5.74, 6) is 0.0908. The summed E-state index contributed by atoms with van der Waals surface area (Å²) in [5.41, 5.74) is 2.26. The van der Waals surface area contributed by atoms with Crippen LogP contribution in [0.15, 0.2) is 42.9 Å². The van der Waals surface area contributed by atoms with E-state index in [0.717, 1.165) is 30.9 Å². The maximum Gasteiger partial charge on any atom is 0.211 e. The monoisotopic (exact) mass is 378 g/mol. The minimum Gasteiger partial charge on any atom is -0.375 e. The van der Waals surface area contributed by atoms with E-state index in [2.05, 4.69) is 31.3 Å². The van der Waals surface area contributed by atoms with Crippen molar-refractivity contribution in [1.82, 2.24) is 19.2 Å². The topological polar surface area (TPSA) is 76.5 Å². The van der Waals surface area contributed by atoms with Crippen molar-refractivity contribution in [3.63, 3.8) is 0 Å². The highest BCUT2D eigenvalue weighted by Crippen LogP contribution is 2.20. The summed E-state index contributed by atoms with van der Waals surface area (Å²) in [6.45, 7) is 5.62. The summed E-state index contributed by atoms with van der Waals surface area (Å²) in [6.07, 6.45) is 3.63. The Morgan fingerprint density at radius 1 is 1.31 bits per heavy atom. The van der Waals surface area contributed by atoms with Crippen LogP contribution in [0.5, 0.6) is 0 Å². The number of aromatic nitrogens is 2. The SMILES string of the molecule is CCS(=O)(=O)NC[C@H]1CN(CCOCc2ccccc2)Cc2cncn21. The molecule has 2 aromatic rings. The number of nitrogens with zero attached hydrogens (tertiary/aromatic N) is 3. The molecular formula is C18H26N4O3S. The first-order valence-corrected chi connectivity index (χ1v) is 10.5. The van der Waals surface area contributed by atoms with Crippen LogP contribution in [0.1, 0.15) is 24.2 Å². The number of benzene rings is 1. The second kappa shape index (κ2) is 8.77. The molecule has 1 aliphatic rings. The van der Waals surface area contributed by atoms with E-state index >= 15 is 0 Å². The zero-order valence-electron chi connectivity index (χ0n) is 15.0. The Morgan fingerprint density at radius 3 is 2.88 bits per heavy atom. The van der Waals surface area contributed by atoms with E-state index in [1.54, 1.807) is 13.3 Å². The quantitative estimate of drug-likeness (QED) is 0.668. The minimum absolute atomic E-state index is 0.0386. The van der Waals surface area contributed by atoms with E-state index in [1.807, 2.05) is 24.4 Å². The van der Waals surface area contributed by atoms with Gasteiger partial charge in [0.2, 0.25) is 10.0 Å². The number of hydrogen-bond acceptors (Lipinski definition) is 5. The molecule has 0 saturated carbocycles. The van der Waals surface area contributed by atoms with E-state index in [-0.39, 0.29) is 11.8 Å². The molecule has 0 bridgehead atoms. The zero-order chi connectivity index (χ0) is 18.4. The molecule has 0 aliphatic carbocycles. The van der Waals surface area contributed by atoms with Crippen molar-refractivity contribution >= 4 is 10.0 Å². The summed E-state index contributed by atoms with van der Waals surface area (Å²) in [5, 5.41) is 0. The van der Waals surface area contributed by atoms with Crippen LogP contribution in [-0.2, 0) is 27.9 Å². The Hall–Kier alpha value is -1.74. The number of imidazole rings is 1. The van der Waals surface area contributed by atoms with Gasteiger partial charge in [0.25, 0.3) is 0 Å². The van der Waals surface area contributed by atoms with E-state index in [1.165, 1.54) is 0 Å². The van der Waals surface area contributed by atoms with Gasteiger partial charge in [-0.3, -0.25) is 4.90 Å². The third-order valence-electron chi connectivity index (χ3n) is 4.58. The first kappa shape index (κ1) is 19.0. The summed E-state index contributed by atoms with van der Waals surface area (Å²) >= 11 is 0. The molecule has 0 unspecified atom stereocenters. The van der Waals surface area contributed by atoms with Gasteiger partial charge >= 0.3 is 0 Å². The number of hydrogen-bond donors (Lipinski definition) is 1. The van der Waals surface area contributed by atoms with Gasteiger partial charge in [-0.05, 0) is 12.5 Å². The number of fused-ring (bicyclic) bond motifs is 1. The smallest absolute Gasteiger partial charge is 0.211 e. The average molecular weight is 378 g/mol. The summed E-state index contributed by atoms with van der Waals surface area (Å²) in [7, 11) is -3.20. The van der Waals surface area contributed by atoms with Crippen LogP contribution in [-0.4, -0.2) is 54.9 Å². The second-order valence-electron chi connectivity index (χ2n) is 6.47. The molecule has 1 aliphatic heterocycles. The maximum absolute atomic E-state index is 11.7. The Kier molecular flexibility index (Phi) is 6.42. The lowest BCUT2D eigenvalue weighted by molar-refractivity contribution is 0.0777. The van der Waals surface area contributed by atoms with Crippen molar-refractivity contribution in [2.75, 3.05) is 32.0 Å². The normalized spacial score (nSPS) is 18.0. The molecule has 0 saturated heterocycles. The molecule has 0 fully saturated rings. The molecule has 1 N–H and O–H groups in total. The standard InChI is InChI=1S/C18H26N4O3S/c1-2-26(23,24)20-11-18-13-21(12-17-10-19-15-22(17)18)8-9-25-14-16-6-4-3-5-7-16/h3-7,10,15,18,20H,2,8-9,11-14H2,1H3/t18-/m0/s1. The molecule has 1 aromatic heterocycles. The molecule has 26 heavy (non-hydrogen) atoms. The second-order valence-corrected chi connectivity index (χ2v) is 8.57. The van der Waals surface area contributed by atoms with Crippen molar-refractivity contribution in [2.45, 2.75) is 26.1 Å². The van der Waals surface area contributed by atoms with Gasteiger partial charge in [0.1, 0.15) is 0 Å². The highest BCUT2D eigenvalue weighted by Gasteiger charge is 2.25. The van der Waals surface area contributed by atoms with Crippen molar-refractivity contribution in [1.29, 1.82) is 0 Å². The van der Waals surface area contributed by atoms with Crippen molar-refractivity contribution in [3.05, 3.63) is 54.1 Å². The third kappa shape index (κ3) is 5.14. The molecule has 0 radical (unpaired) electrons. The summed E-state index contributed by atoms with van der Waals surface area (Å²) in [6, 6.07) is 10.1. The van der Waals surface area contributed by atoms with Crippen LogP contribution < -0.4 is 4.72 Å². The Balaban J connectivity index is 1.51. The van der Waals surface area contributed by atoms with Crippen molar-refractivity contribution < 1.29 is 13.2 Å². The van der Waals surface area contributed by atoms with Crippen molar-refractivity contribution in [3.8, 4) is 0 Å². The van der Waals surface area contributed by atoms with E-state index in [4.69, 9.17) is 4.74 Å². The fraction of sp³-hybridized carbons (Fsp3) is 0.500. The van der Waals surface area contributed by atoms with E-state index < -0.39 is 10.0 Å². The van der Waals surface area contributed by atoms with Crippen LogP contribution >= 0.6 is 0 Å². The Morgan fingerprint density at radius 2 is 2.12 bits per heavy atom. The van der Waals surface area contributed by atoms with Gasteiger partial charge in [-0.25, -0.2) is 18.1 Å². The highest BCUT2D eigenvalue weighted by molar-refractivity contribution is 7.89. The molecule has 1 atom stereocenters. The molecule has 0 spiro atoms. The predicted molar refractivity (Wildman–Crippen MR) is 100 cm³/mol. The van der Waals surface area contributed by atoms with Gasteiger partial charge in [0.05, 0.1) is 37.0 Å². The van der Waals surface area contributed by atoms with Gasteiger partial charge in [-0.15, -0.1) is 0 Å². The van der Waals surface area contributed by atoms with E-state index in [9.17, 15) is 8.42 Å². The van der Waals surface area contributed by atoms with Gasteiger partial charge in [-0.1, -0.05) is 30.3 Å². The molecule has 3 rings (SSSR count). The largest absolute Gasteiger partial charge is 0.375 e. The number of nitrogens with one attached hydrogen (secondary N) is 1. The van der Waals surface area contributed by atoms with Gasteiger partial charge in [-0.2, -0.15) is 0 Å². The summed E-state index contributed by atoms with van der Waals surface area (Å²) < 4.78 is 34.0. The highest BCUT2D eigenvalue weighted by atomic mass is 32.2. The van der Waals surface area contributed by atoms with Crippen molar-refractivity contribution in [2.24, 2.45) is 0 Å². The fourth-order valence-electron chi connectivity index (χ4n) is 3.08. The molecule has 8 heteroatoms. The molecule has 142 valence electrons. The molecule has 1 aromatic carbocycles. The number of sulfonamides is 1. The lowest BCUT2D eigenvalue weighted by atomic mass is 10.2. The lowest BCUT2D eigenvalue weighted by Crippen LogP contribution is -2.43. The Labute approximate surface area is 155 Å². The van der Waals surface area contributed by atoms with Crippen LogP contribution in [0.2, 0.25) is 0 Å². The van der Waals surface area contributed by atoms with E-state index in [0.29, 0.717) is 19.8 Å². The molecule has 7 nitrogen and oxygen atoms in total. The first-order chi connectivity index (χ1) is 12.6. The summed E-state index contributed by atoms with van der Waals surface area (Å²) in [4.78, 5) is 6.50. The predicted octanol–water partition coefficient (Wildman–Crippen LogP) is 1.40. The molecule has 0 amide bonds. The molecular weight excluding hydrogens is 352 g/mol. The minimum atomic E-state index is -3.20. The third-order valence-corrected chi connectivity index (χ3v) is 5.94. The van der Waals surface area contributed by atoms with Crippen LogP contribution in [0.25, 0.3) is 0 Å². The zero-order valence-corrected chi connectivity index (χ0v) is 15.9. The van der Waals surface area contributed by atoms with Crippen LogP contribution in [0.3, 0.4) is 0 Å². The maximum atomic E-state index is 11.7. The Bertz CT molecular complexity index is 792. The lowest BCUT2D eigenvalue weighted by Gasteiger charge is -2.34. The first-order valence-electron chi connectivity index (χ1n) is 8.89. The number of ether oxygens (including phenoxy) is 1. The molecule has 2 heterocycles. The number of rotatable bonds is 9. The van der Waals surface area contributed by atoms with Gasteiger partial charge in [0.15, 0.2) is 0 Å². The average Bonchev–Trinajstić information content (AvgIpc) is 3.13. The van der Waals surface area contributed by atoms with Gasteiger partial charge < -0.3 is 9.30 Å². The fourth-order valence-corrected chi connectivity index (χ4v) is 3.73. The van der Waals surface area contributed by atoms with Crippen LogP contribution in [0, 0.1) is 0 Å². The van der Waals surface area contributed by atoms with Crippen LogP contribution in [0.4, 0.5) is 0 Å².